The zero-order valence-electron chi connectivity index (χ0n) is 18.1. The third-order valence-corrected chi connectivity index (χ3v) is 7.51. The molecule has 2 saturated heterocycles. The van der Waals surface area contributed by atoms with Crippen LogP contribution in [-0.2, 0) is 26.0 Å². The summed E-state index contributed by atoms with van der Waals surface area (Å²) >= 11 is 0. The number of rotatable bonds is 6. The van der Waals surface area contributed by atoms with Crippen molar-refractivity contribution in [1.82, 2.24) is 14.9 Å². The first-order chi connectivity index (χ1) is 15.2. The molecule has 2 aliphatic heterocycles. The second-order valence-corrected chi connectivity index (χ2v) is 10.3. The first-order valence-corrected chi connectivity index (χ1v) is 12.0. The van der Waals surface area contributed by atoms with Gasteiger partial charge in [0.25, 0.3) is 10.0 Å². The van der Waals surface area contributed by atoms with Crippen LogP contribution in [0.25, 0.3) is 0 Å². The van der Waals surface area contributed by atoms with Gasteiger partial charge in [-0.15, -0.1) is 0 Å². The summed E-state index contributed by atoms with van der Waals surface area (Å²) in [5, 5.41) is 2.60. The van der Waals surface area contributed by atoms with Crippen LogP contribution in [0.2, 0.25) is 0 Å². The number of morpholine rings is 1. The molecule has 0 aromatic heterocycles. The highest BCUT2D eigenvalue weighted by Gasteiger charge is 2.50. The summed E-state index contributed by atoms with van der Waals surface area (Å²) in [5.74, 6) is -0.241. The lowest BCUT2D eigenvalue weighted by molar-refractivity contribution is -0.140. The van der Waals surface area contributed by atoms with Gasteiger partial charge >= 0.3 is 6.03 Å². The Morgan fingerprint density at radius 1 is 1.16 bits per heavy atom. The van der Waals surface area contributed by atoms with Gasteiger partial charge in [-0.2, -0.15) is 0 Å². The molecule has 170 valence electrons. The molecule has 4 rings (SSSR count). The molecule has 0 aliphatic carbocycles. The zero-order chi connectivity index (χ0) is 22.9. The van der Waals surface area contributed by atoms with Crippen molar-refractivity contribution in [3.05, 3.63) is 65.7 Å². The van der Waals surface area contributed by atoms with Crippen LogP contribution < -0.4 is 10.0 Å². The van der Waals surface area contributed by atoms with Crippen molar-refractivity contribution in [2.24, 2.45) is 0 Å². The van der Waals surface area contributed by atoms with Gasteiger partial charge in [-0.05, 0) is 31.0 Å². The summed E-state index contributed by atoms with van der Waals surface area (Å²) in [4.78, 5) is 27.8. The van der Waals surface area contributed by atoms with Gasteiger partial charge in [0, 0.05) is 19.4 Å². The molecule has 2 aromatic rings. The number of sulfonamides is 1. The van der Waals surface area contributed by atoms with Gasteiger partial charge < -0.3 is 15.0 Å². The van der Waals surface area contributed by atoms with Crippen molar-refractivity contribution in [3.63, 3.8) is 0 Å². The second kappa shape index (κ2) is 8.55. The molecule has 9 heteroatoms. The summed E-state index contributed by atoms with van der Waals surface area (Å²) in [7, 11) is -4.08. The Morgan fingerprint density at radius 2 is 1.84 bits per heavy atom. The van der Waals surface area contributed by atoms with E-state index in [1.54, 1.807) is 30.0 Å². The number of hydrogen-bond acceptors (Lipinski definition) is 5. The second-order valence-electron chi connectivity index (χ2n) is 8.67. The third kappa shape index (κ3) is 4.63. The van der Waals surface area contributed by atoms with E-state index in [9.17, 15) is 18.0 Å². The lowest BCUT2D eigenvalue weighted by Gasteiger charge is -2.33. The molecule has 2 aliphatic rings. The van der Waals surface area contributed by atoms with Gasteiger partial charge in [0.15, 0.2) is 0 Å². The largest absolute Gasteiger partial charge is 0.371 e. The predicted molar refractivity (Wildman–Crippen MR) is 118 cm³/mol. The van der Waals surface area contributed by atoms with E-state index in [1.165, 1.54) is 6.07 Å². The minimum atomic E-state index is -4.08. The summed E-state index contributed by atoms with van der Waals surface area (Å²) < 4.78 is 33.2. The Morgan fingerprint density at radius 3 is 2.47 bits per heavy atom. The maximum atomic E-state index is 13.4. The van der Waals surface area contributed by atoms with Gasteiger partial charge in [0.1, 0.15) is 6.04 Å². The van der Waals surface area contributed by atoms with E-state index >= 15 is 0 Å². The molecule has 32 heavy (non-hydrogen) atoms. The quantitative estimate of drug-likeness (QED) is 0.690. The molecule has 3 atom stereocenters. The molecule has 2 bridgehead atoms. The minimum absolute atomic E-state index is 0.0167. The highest BCUT2D eigenvalue weighted by molar-refractivity contribution is 7.90. The number of urea groups is 1. The molecule has 3 amide bonds. The van der Waals surface area contributed by atoms with Crippen LogP contribution in [0.15, 0.2) is 59.5 Å². The smallest absolute Gasteiger partial charge is 0.329 e. The predicted octanol–water partition coefficient (Wildman–Crippen LogP) is 1.98. The van der Waals surface area contributed by atoms with E-state index in [4.69, 9.17) is 4.74 Å². The van der Waals surface area contributed by atoms with Crippen molar-refractivity contribution >= 4 is 22.0 Å². The number of aryl methyl sites for hydroxylation is 1. The Kier molecular flexibility index (Phi) is 5.96. The molecule has 0 spiro atoms. The summed E-state index contributed by atoms with van der Waals surface area (Å²) in [6.07, 6.45) is 1.00. The van der Waals surface area contributed by atoms with Gasteiger partial charge in [0.2, 0.25) is 5.91 Å². The lowest BCUT2D eigenvalue weighted by Crippen LogP contribution is -2.56. The van der Waals surface area contributed by atoms with E-state index in [1.807, 2.05) is 42.0 Å². The molecule has 8 nitrogen and oxygen atoms in total. The van der Waals surface area contributed by atoms with E-state index in [2.05, 4.69) is 5.32 Å². The molecular formula is C23H27N3O5S. The monoisotopic (exact) mass is 457 g/mol. The number of fused-ring (bicyclic) bond motifs is 2. The minimum Gasteiger partial charge on any atom is -0.371 e. The topological polar surface area (TPSA) is 105 Å². The molecule has 2 fully saturated rings. The van der Waals surface area contributed by atoms with Gasteiger partial charge in [0.05, 0.1) is 23.1 Å². The summed E-state index contributed by atoms with van der Waals surface area (Å²) in [6, 6.07) is 13.8. The lowest BCUT2D eigenvalue weighted by atomic mass is 10.0. The Hall–Kier alpha value is -2.91. The number of carbonyl (C=O) groups excluding carboxylic acids is 2. The van der Waals surface area contributed by atoms with Crippen molar-refractivity contribution in [2.45, 2.75) is 49.3 Å². The van der Waals surface area contributed by atoms with E-state index < -0.39 is 22.1 Å². The number of hydrogen-bond donors (Lipinski definition) is 2. The van der Waals surface area contributed by atoms with Crippen LogP contribution in [-0.4, -0.2) is 56.1 Å². The molecule has 2 N–H and O–H groups in total. The standard InChI is InChI=1S/C23H27N3O5S/c1-16-8-6-7-11-20(16)32(29,30)25-22(28)24-19(12-17-9-4-3-5-10-17)21(27)26-15-23(2)13-18(26)14-31-23/h3-11,18-19H,12-15H2,1-2H3,(H2,24,25,28)/t18-,19-,23-/m0/s1. The maximum Gasteiger partial charge on any atom is 0.329 e. The average molecular weight is 458 g/mol. The summed E-state index contributed by atoms with van der Waals surface area (Å²) in [5.41, 5.74) is 1.01. The van der Waals surface area contributed by atoms with E-state index in [-0.39, 0.29) is 28.9 Å². The van der Waals surface area contributed by atoms with Crippen molar-refractivity contribution in [3.8, 4) is 0 Å². The zero-order valence-corrected chi connectivity index (χ0v) is 18.9. The molecular weight excluding hydrogens is 430 g/mol. The molecule has 0 saturated carbocycles. The Labute approximate surface area is 188 Å². The SMILES string of the molecule is Cc1ccccc1S(=O)(=O)NC(=O)N[C@@H](Cc1ccccc1)C(=O)N1C[C@]2(C)C[C@H]1CO2. The summed E-state index contributed by atoms with van der Waals surface area (Å²) in [6.45, 7) is 4.54. The van der Waals surface area contributed by atoms with Crippen LogP contribution in [0.5, 0.6) is 0 Å². The highest BCUT2D eigenvalue weighted by Crippen LogP contribution is 2.37. The fraction of sp³-hybridized carbons (Fsp3) is 0.391. The average Bonchev–Trinajstić information content (AvgIpc) is 3.29. The number of nitrogens with one attached hydrogen (secondary N) is 2. The number of benzene rings is 2. The van der Waals surface area contributed by atoms with Crippen LogP contribution in [0.1, 0.15) is 24.5 Å². The molecule has 2 heterocycles. The fourth-order valence-corrected chi connectivity index (χ4v) is 5.61. The highest BCUT2D eigenvalue weighted by atomic mass is 32.2. The number of carbonyl (C=O) groups is 2. The number of amides is 3. The number of likely N-dealkylation sites (tertiary alicyclic amines) is 1. The first kappa shape index (κ1) is 22.3. The molecule has 0 unspecified atom stereocenters. The third-order valence-electron chi connectivity index (χ3n) is 6.02. The Balaban J connectivity index is 1.52. The molecule has 2 aromatic carbocycles. The first-order valence-electron chi connectivity index (χ1n) is 10.5. The van der Waals surface area contributed by atoms with Gasteiger partial charge in [-0.1, -0.05) is 48.5 Å². The van der Waals surface area contributed by atoms with Crippen LogP contribution in [0.3, 0.4) is 0 Å². The fourth-order valence-electron chi connectivity index (χ4n) is 4.44. The van der Waals surface area contributed by atoms with E-state index in [0.29, 0.717) is 18.7 Å². The number of nitrogens with zero attached hydrogens (tertiary/aromatic N) is 1. The molecule has 0 radical (unpaired) electrons. The van der Waals surface area contributed by atoms with Gasteiger partial charge in [-0.3, -0.25) is 4.79 Å². The van der Waals surface area contributed by atoms with Crippen LogP contribution in [0, 0.1) is 6.92 Å². The van der Waals surface area contributed by atoms with Crippen molar-refractivity contribution in [1.29, 1.82) is 0 Å². The van der Waals surface area contributed by atoms with Crippen molar-refractivity contribution in [2.75, 3.05) is 13.2 Å². The van der Waals surface area contributed by atoms with Crippen LogP contribution in [0.4, 0.5) is 4.79 Å². The number of ether oxygens (including phenoxy) is 1. The van der Waals surface area contributed by atoms with E-state index in [0.717, 1.165) is 12.0 Å². The Bertz CT molecular complexity index is 1120. The normalized spacial score (nSPS) is 23.1. The van der Waals surface area contributed by atoms with Crippen LogP contribution >= 0.6 is 0 Å². The maximum absolute atomic E-state index is 13.4. The van der Waals surface area contributed by atoms with Crippen molar-refractivity contribution < 1.29 is 22.7 Å². The van der Waals surface area contributed by atoms with Gasteiger partial charge in [-0.25, -0.2) is 17.9 Å².